The third-order valence-corrected chi connectivity index (χ3v) is 4.98. The van der Waals surface area contributed by atoms with E-state index in [2.05, 4.69) is 26.1 Å². The number of aromatic amines is 1. The molecule has 0 unspecified atom stereocenters. The van der Waals surface area contributed by atoms with Crippen LogP contribution in [0.3, 0.4) is 0 Å². The van der Waals surface area contributed by atoms with Crippen LogP contribution in [0.2, 0.25) is 0 Å². The van der Waals surface area contributed by atoms with Crippen LogP contribution < -0.4 is 0 Å². The van der Waals surface area contributed by atoms with Crippen LogP contribution in [0.4, 0.5) is 4.39 Å². The van der Waals surface area contributed by atoms with E-state index in [1.165, 1.54) is 18.3 Å². The van der Waals surface area contributed by atoms with E-state index in [4.69, 9.17) is 0 Å². The molecule has 0 aliphatic heterocycles. The maximum atomic E-state index is 13.1. The molecule has 0 bridgehead atoms. The van der Waals surface area contributed by atoms with Crippen LogP contribution in [-0.4, -0.2) is 28.1 Å². The van der Waals surface area contributed by atoms with E-state index in [-0.39, 0.29) is 11.7 Å². The molecule has 3 aromatic rings. The molecule has 0 saturated heterocycles. The first kappa shape index (κ1) is 15.9. The van der Waals surface area contributed by atoms with Crippen LogP contribution in [0.1, 0.15) is 15.2 Å². The Balaban J connectivity index is 1.82. The second kappa shape index (κ2) is 6.64. The molecule has 0 saturated carbocycles. The summed E-state index contributed by atoms with van der Waals surface area (Å²) in [6, 6.07) is 9.90. The molecule has 0 aliphatic rings. The number of carbonyl (C=O) groups excluding carboxylic acids is 1. The van der Waals surface area contributed by atoms with Crippen LogP contribution in [0.5, 0.6) is 0 Å². The Morgan fingerprint density at radius 1 is 1.30 bits per heavy atom. The molecule has 3 rings (SSSR count). The van der Waals surface area contributed by atoms with Gasteiger partial charge in [-0.1, -0.05) is 0 Å². The Kier molecular flexibility index (Phi) is 4.58. The third kappa shape index (κ3) is 3.51. The SMILES string of the molecule is CN(Cc1ccc(Br)s1)C(=O)c1cn[nH]c1-c1ccc(F)cc1. The maximum absolute atomic E-state index is 13.1. The lowest BCUT2D eigenvalue weighted by Crippen LogP contribution is -2.25. The van der Waals surface area contributed by atoms with Gasteiger partial charge in [0.25, 0.3) is 5.91 Å². The van der Waals surface area contributed by atoms with E-state index in [0.717, 1.165) is 14.2 Å². The minimum atomic E-state index is -0.318. The number of H-pyrrole nitrogens is 1. The quantitative estimate of drug-likeness (QED) is 0.717. The van der Waals surface area contributed by atoms with Gasteiger partial charge in [-0.25, -0.2) is 4.39 Å². The Labute approximate surface area is 145 Å². The number of halogens is 2. The average Bonchev–Trinajstić information content (AvgIpc) is 3.16. The van der Waals surface area contributed by atoms with Crippen LogP contribution >= 0.6 is 27.3 Å². The Morgan fingerprint density at radius 3 is 2.70 bits per heavy atom. The molecule has 0 fully saturated rings. The van der Waals surface area contributed by atoms with Crippen LogP contribution in [0, 0.1) is 5.82 Å². The fourth-order valence-corrected chi connectivity index (χ4v) is 3.77. The van der Waals surface area contributed by atoms with Crippen molar-refractivity contribution in [2.24, 2.45) is 0 Å². The Morgan fingerprint density at radius 2 is 2.04 bits per heavy atom. The van der Waals surface area contributed by atoms with Crippen molar-refractivity contribution in [1.82, 2.24) is 15.1 Å². The average molecular weight is 394 g/mol. The molecular weight excluding hydrogens is 381 g/mol. The third-order valence-electron chi connectivity index (χ3n) is 3.37. The van der Waals surface area contributed by atoms with Crippen molar-refractivity contribution in [2.75, 3.05) is 7.05 Å². The van der Waals surface area contributed by atoms with Gasteiger partial charge in [-0.2, -0.15) is 5.10 Å². The summed E-state index contributed by atoms with van der Waals surface area (Å²) in [5, 5.41) is 6.78. The van der Waals surface area contributed by atoms with Gasteiger partial charge in [0, 0.05) is 17.5 Å². The summed E-state index contributed by atoms with van der Waals surface area (Å²) in [5.41, 5.74) is 1.78. The smallest absolute Gasteiger partial charge is 0.257 e. The standard InChI is InChI=1S/C16H13BrFN3OS/c1-21(9-12-6-7-14(17)23-12)16(22)13-8-19-20-15(13)10-2-4-11(18)5-3-10/h2-8H,9H2,1H3,(H,19,20). The lowest BCUT2D eigenvalue weighted by molar-refractivity contribution is 0.0787. The molecule has 2 aromatic heterocycles. The molecule has 4 nitrogen and oxygen atoms in total. The van der Waals surface area contributed by atoms with Crippen LogP contribution in [0.25, 0.3) is 11.3 Å². The monoisotopic (exact) mass is 393 g/mol. The normalized spacial score (nSPS) is 10.7. The van der Waals surface area contributed by atoms with Gasteiger partial charge in [0.05, 0.1) is 27.8 Å². The first-order valence-electron chi connectivity index (χ1n) is 6.83. The van der Waals surface area contributed by atoms with E-state index < -0.39 is 0 Å². The molecular formula is C16H13BrFN3OS. The highest BCUT2D eigenvalue weighted by Gasteiger charge is 2.19. The van der Waals surface area contributed by atoms with Crippen molar-refractivity contribution in [3.8, 4) is 11.3 Å². The molecule has 0 aliphatic carbocycles. The van der Waals surface area contributed by atoms with E-state index in [1.807, 2.05) is 12.1 Å². The first-order chi connectivity index (χ1) is 11.0. The Hall–Kier alpha value is -1.99. The van der Waals surface area contributed by atoms with Crippen molar-refractivity contribution in [1.29, 1.82) is 0 Å². The fourth-order valence-electron chi connectivity index (χ4n) is 2.23. The van der Waals surface area contributed by atoms with Gasteiger partial charge in [-0.05, 0) is 52.3 Å². The largest absolute Gasteiger partial charge is 0.336 e. The van der Waals surface area contributed by atoms with Crippen molar-refractivity contribution in [3.05, 3.63) is 62.6 Å². The van der Waals surface area contributed by atoms with Crippen LogP contribution in [-0.2, 0) is 6.54 Å². The van der Waals surface area contributed by atoms with Gasteiger partial charge in [-0.3, -0.25) is 9.89 Å². The minimum absolute atomic E-state index is 0.136. The molecule has 0 spiro atoms. The van der Waals surface area contributed by atoms with Gasteiger partial charge in [0.15, 0.2) is 0 Å². The van der Waals surface area contributed by atoms with Crippen molar-refractivity contribution >= 4 is 33.2 Å². The number of carbonyl (C=O) groups is 1. The number of benzene rings is 1. The topological polar surface area (TPSA) is 49.0 Å². The van der Waals surface area contributed by atoms with Gasteiger partial charge < -0.3 is 4.90 Å². The van der Waals surface area contributed by atoms with Crippen LogP contribution in [0.15, 0.2) is 46.4 Å². The first-order valence-corrected chi connectivity index (χ1v) is 8.44. The zero-order valence-electron chi connectivity index (χ0n) is 12.2. The summed E-state index contributed by atoms with van der Waals surface area (Å²) in [6.45, 7) is 0.517. The number of amides is 1. The van der Waals surface area contributed by atoms with E-state index in [9.17, 15) is 9.18 Å². The predicted octanol–water partition coefficient (Wildman–Crippen LogP) is 4.31. The van der Waals surface area contributed by atoms with E-state index in [1.54, 1.807) is 35.4 Å². The predicted molar refractivity (Wildman–Crippen MR) is 91.8 cm³/mol. The van der Waals surface area contributed by atoms with E-state index in [0.29, 0.717) is 17.8 Å². The highest BCUT2D eigenvalue weighted by molar-refractivity contribution is 9.11. The number of rotatable bonds is 4. The fraction of sp³-hybridized carbons (Fsp3) is 0.125. The summed E-state index contributed by atoms with van der Waals surface area (Å²) in [4.78, 5) is 15.4. The summed E-state index contributed by atoms with van der Waals surface area (Å²) >= 11 is 5.01. The molecule has 0 atom stereocenters. The van der Waals surface area contributed by atoms with Gasteiger partial charge in [-0.15, -0.1) is 11.3 Å². The van der Waals surface area contributed by atoms with Gasteiger partial charge in [0.1, 0.15) is 5.82 Å². The highest BCUT2D eigenvalue weighted by atomic mass is 79.9. The van der Waals surface area contributed by atoms with E-state index >= 15 is 0 Å². The summed E-state index contributed by atoms with van der Waals surface area (Å²) in [6.07, 6.45) is 1.50. The molecule has 1 aromatic carbocycles. The van der Waals surface area contributed by atoms with Gasteiger partial charge in [0.2, 0.25) is 0 Å². The molecule has 7 heteroatoms. The number of hydrogen-bond acceptors (Lipinski definition) is 3. The second-order valence-corrected chi connectivity index (χ2v) is 7.58. The highest BCUT2D eigenvalue weighted by Crippen LogP contribution is 2.25. The maximum Gasteiger partial charge on any atom is 0.257 e. The Bertz CT molecular complexity index is 828. The lowest BCUT2D eigenvalue weighted by atomic mass is 10.1. The molecule has 0 radical (unpaired) electrons. The van der Waals surface area contributed by atoms with Crippen molar-refractivity contribution in [3.63, 3.8) is 0 Å². The summed E-state index contributed by atoms with van der Waals surface area (Å²) < 4.78 is 14.1. The number of nitrogens with zero attached hydrogens (tertiary/aromatic N) is 2. The second-order valence-electron chi connectivity index (χ2n) is 5.03. The lowest BCUT2D eigenvalue weighted by Gasteiger charge is -2.16. The number of nitrogens with one attached hydrogen (secondary N) is 1. The van der Waals surface area contributed by atoms with Crippen molar-refractivity contribution < 1.29 is 9.18 Å². The minimum Gasteiger partial charge on any atom is -0.336 e. The van der Waals surface area contributed by atoms with Gasteiger partial charge >= 0.3 is 0 Å². The molecule has 118 valence electrons. The summed E-state index contributed by atoms with van der Waals surface area (Å²) in [7, 11) is 1.75. The molecule has 23 heavy (non-hydrogen) atoms. The number of hydrogen-bond donors (Lipinski definition) is 1. The van der Waals surface area contributed by atoms with Crippen molar-refractivity contribution in [2.45, 2.75) is 6.54 Å². The molecule has 1 N–H and O–H groups in total. The zero-order valence-corrected chi connectivity index (χ0v) is 14.6. The molecule has 2 heterocycles. The number of aromatic nitrogens is 2. The number of thiophene rings is 1. The zero-order chi connectivity index (χ0) is 16.4. The summed E-state index contributed by atoms with van der Waals surface area (Å²) in [5.74, 6) is -0.455. The molecule has 1 amide bonds.